The van der Waals surface area contributed by atoms with Gasteiger partial charge in [0.25, 0.3) is 0 Å². The van der Waals surface area contributed by atoms with Crippen molar-refractivity contribution in [1.29, 1.82) is 0 Å². The molecule has 0 saturated heterocycles. The van der Waals surface area contributed by atoms with Crippen LogP contribution in [0.2, 0.25) is 5.02 Å². The zero-order valence-corrected chi connectivity index (χ0v) is 14.4. The van der Waals surface area contributed by atoms with Crippen molar-refractivity contribution in [1.82, 2.24) is 10.2 Å². The van der Waals surface area contributed by atoms with Crippen molar-refractivity contribution in [3.63, 3.8) is 0 Å². The van der Waals surface area contributed by atoms with Crippen molar-refractivity contribution in [2.24, 2.45) is 0 Å². The molecule has 4 aromatic rings. The highest BCUT2D eigenvalue weighted by Crippen LogP contribution is 2.33. The molecule has 0 saturated carbocycles. The first-order valence-corrected chi connectivity index (χ1v) is 8.70. The Morgan fingerprint density at radius 3 is 2.40 bits per heavy atom. The molecule has 0 atom stereocenters. The quantitative estimate of drug-likeness (QED) is 0.497. The summed E-state index contributed by atoms with van der Waals surface area (Å²) in [5, 5.41) is 12.7. The Labute approximate surface area is 151 Å². The predicted octanol–water partition coefficient (Wildman–Crippen LogP) is 5.54. The molecule has 0 spiro atoms. The number of anilines is 1. The Bertz CT molecular complexity index is 978. The van der Waals surface area contributed by atoms with Gasteiger partial charge in [0.05, 0.1) is 10.5 Å². The van der Waals surface area contributed by atoms with Crippen LogP contribution in [0.4, 0.5) is 5.82 Å². The Morgan fingerprint density at radius 1 is 0.920 bits per heavy atom. The third kappa shape index (κ3) is 3.37. The molecule has 0 amide bonds. The SMILES string of the molecule is Clc1cc2[nH]nc(NCCc3ccccc3)c2cc1-c1ccccc1. The number of nitrogens with zero attached hydrogens (tertiary/aromatic N) is 1. The second-order valence-electron chi connectivity index (χ2n) is 5.98. The fourth-order valence-electron chi connectivity index (χ4n) is 2.98. The molecular weight excluding hydrogens is 330 g/mol. The highest BCUT2D eigenvalue weighted by Gasteiger charge is 2.11. The van der Waals surface area contributed by atoms with Crippen LogP contribution in [0, 0.1) is 0 Å². The van der Waals surface area contributed by atoms with Crippen LogP contribution in [0.25, 0.3) is 22.0 Å². The van der Waals surface area contributed by atoms with Gasteiger partial charge >= 0.3 is 0 Å². The number of halogens is 1. The van der Waals surface area contributed by atoms with E-state index in [0.29, 0.717) is 0 Å². The molecule has 0 bridgehead atoms. The van der Waals surface area contributed by atoms with E-state index in [1.165, 1.54) is 5.56 Å². The van der Waals surface area contributed by atoms with E-state index in [-0.39, 0.29) is 0 Å². The zero-order valence-electron chi connectivity index (χ0n) is 13.7. The number of fused-ring (bicyclic) bond motifs is 1. The highest BCUT2D eigenvalue weighted by molar-refractivity contribution is 6.34. The second kappa shape index (κ2) is 6.99. The minimum Gasteiger partial charge on any atom is -0.368 e. The lowest BCUT2D eigenvalue weighted by atomic mass is 10.0. The molecule has 25 heavy (non-hydrogen) atoms. The molecule has 4 rings (SSSR count). The summed E-state index contributed by atoms with van der Waals surface area (Å²) < 4.78 is 0. The maximum atomic E-state index is 6.46. The molecule has 0 aliphatic heterocycles. The van der Waals surface area contributed by atoms with Gasteiger partial charge < -0.3 is 5.32 Å². The molecular formula is C21H18ClN3. The van der Waals surface area contributed by atoms with Gasteiger partial charge in [-0.25, -0.2) is 0 Å². The summed E-state index contributed by atoms with van der Waals surface area (Å²) in [5.41, 5.74) is 4.36. The van der Waals surface area contributed by atoms with Gasteiger partial charge in [0.1, 0.15) is 0 Å². The normalized spacial score (nSPS) is 10.9. The van der Waals surface area contributed by atoms with Gasteiger partial charge in [0, 0.05) is 17.5 Å². The minimum atomic E-state index is 0.721. The van der Waals surface area contributed by atoms with E-state index < -0.39 is 0 Å². The number of H-pyrrole nitrogens is 1. The third-order valence-electron chi connectivity index (χ3n) is 4.28. The summed E-state index contributed by atoms with van der Waals surface area (Å²) in [5.74, 6) is 0.861. The van der Waals surface area contributed by atoms with Crippen LogP contribution in [-0.2, 0) is 6.42 Å². The number of nitrogens with one attached hydrogen (secondary N) is 2. The molecule has 3 aromatic carbocycles. The van der Waals surface area contributed by atoms with Crippen LogP contribution in [0.5, 0.6) is 0 Å². The highest BCUT2D eigenvalue weighted by atomic mass is 35.5. The summed E-state index contributed by atoms with van der Waals surface area (Å²) in [6, 6.07) is 24.6. The molecule has 2 N–H and O–H groups in total. The van der Waals surface area contributed by atoms with Crippen LogP contribution in [0.1, 0.15) is 5.56 Å². The largest absolute Gasteiger partial charge is 0.368 e. The molecule has 124 valence electrons. The van der Waals surface area contributed by atoms with Gasteiger partial charge in [-0.05, 0) is 29.7 Å². The molecule has 0 aliphatic rings. The number of benzene rings is 3. The number of aromatic nitrogens is 2. The molecule has 0 aliphatic carbocycles. The lowest BCUT2D eigenvalue weighted by Crippen LogP contribution is -2.05. The number of hydrogen-bond donors (Lipinski definition) is 2. The predicted molar refractivity (Wildman–Crippen MR) is 105 cm³/mol. The summed E-state index contributed by atoms with van der Waals surface area (Å²) >= 11 is 6.46. The molecule has 0 radical (unpaired) electrons. The average Bonchev–Trinajstić information content (AvgIpc) is 3.04. The van der Waals surface area contributed by atoms with E-state index in [1.807, 2.05) is 30.3 Å². The van der Waals surface area contributed by atoms with E-state index in [0.717, 1.165) is 45.8 Å². The van der Waals surface area contributed by atoms with Crippen molar-refractivity contribution >= 4 is 28.3 Å². The van der Waals surface area contributed by atoms with Crippen LogP contribution < -0.4 is 5.32 Å². The van der Waals surface area contributed by atoms with Crippen LogP contribution in [0.3, 0.4) is 0 Å². The summed E-state index contributed by atoms with van der Waals surface area (Å²) in [6.07, 6.45) is 0.953. The van der Waals surface area contributed by atoms with Gasteiger partial charge in [0.15, 0.2) is 5.82 Å². The molecule has 0 fully saturated rings. The number of aromatic amines is 1. The third-order valence-corrected chi connectivity index (χ3v) is 4.60. The average molecular weight is 348 g/mol. The first-order chi connectivity index (χ1) is 12.3. The Balaban J connectivity index is 1.60. The first-order valence-electron chi connectivity index (χ1n) is 8.32. The maximum Gasteiger partial charge on any atom is 0.155 e. The minimum absolute atomic E-state index is 0.721. The summed E-state index contributed by atoms with van der Waals surface area (Å²) in [7, 11) is 0. The molecule has 3 nitrogen and oxygen atoms in total. The van der Waals surface area contributed by atoms with Crippen molar-refractivity contribution in [2.45, 2.75) is 6.42 Å². The lowest BCUT2D eigenvalue weighted by molar-refractivity contribution is 0.996. The van der Waals surface area contributed by atoms with Crippen molar-refractivity contribution < 1.29 is 0 Å². The topological polar surface area (TPSA) is 40.7 Å². The first kappa shape index (κ1) is 15.7. The van der Waals surface area contributed by atoms with Crippen LogP contribution in [0.15, 0.2) is 72.8 Å². The lowest BCUT2D eigenvalue weighted by Gasteiger charge is -2.07. The number of rotatable bonds is 5. The van der Waals surface area contributed by atoms with E-state index in [1.54, 1.807) is 0 Å². The monoisotopic (exact) mass is 347 g/mol. The van der Waals surface area contributed by atoms with E-state index >= 15 is 0 Å². The van der Waals surface area contributed by atoms with Crippen LogP contribution >= 0.6 is 11.6 Å². The van der Waals surface area contributed by atoms with Gasteiger partial charge in [-0.3, -0.25) is 5.10 Å². The van der Waals surface area contributed by atoms with Gasteiger partial charge in [-0.2, -0.15) is 5.10 Å². The van der Waals surface area contributed by atoms with E-state index in [4.69, 9.17) is 11.6 Å². The Morgan fingerprint density at radius 2 is 1.64 bits per heavy atom. The van der Waals surface area contributed by atoms with Gasteiger partial charge in [-0.1, -0.05) is 72.3 Å². The summed E-state index contributed by atoms with van der Waals surface area (Å²) in [4.78, 5) is 0. The molecule has 0 unspecified atom stereocenters. The molecule has 1 aromatic heterocycles. The number of hydrogen-bond acceptors (Lipinski definition) is 2. The van der Waals surface area contributed by atoms with Gasteiger partial charge in [0.2, 0.25) is 0 Å². The fraction of sp³-hybridized carbons (Fsp3) is 0.0952. The second-order valence-corrected chi connectivity index (χ2v) is 6.39. The maximum absolute atomic E-state index is 6.46. The molecule has 1 heterocycles. The molecule has 4 heteroatoms. The van der Waals surface area contributed by atoms with Crippen molar-refractivity contribution in [2.75, 3.05) is 11.9 Å². The van der Waals surface area contributed by atoms with Crippen molar-refractivity contribution in [3.8, 4) is 11.1 Å². The fourth-order valence-corrected chi connectivity index (χ4v) is 3.25. The Kier molecular flexibility index (Phi) is 4.40. The van der Waals surface area contributed by atoms with Gasteiger partial charge in [-0.15, -0.1) is 0 Å². The Hall–Kier alpha value is -2.78. The van der Waals surface area contributed by atoms with Crippen molar-refractivity contribution in [3.05, 3.63) is 83.4 Å². The smallest absolute Gasteiger partial charge is 0.155 e. The zero-order chi connectivity index (χ0) is 17.1. The van der Waals surface area contributed by atoms with Crippen LogP contribution in [-0.4, -0.2) is 16.7 Å². The standard InChI is InChI=1S/C21H18ClN3/c22-19-14-20-18(13-17(19)16-9-5-2-6-10-16)21(25-24-20)23-12-11-15-7-3-1-4-8-15/h1-10,13-14H,11-12H2,(H2,23,24,25). The van der Waals surface area contributed by atoms with E-state index in [9.17, 15) is 0 Å². The van der Waals surface area contributed by atoms with E-state index in [2.05, 4.69) is 58.0 Å². The summed E-state index contributed by atoms with van der Waals surface area (Å²) in [6.45, 7) is 0.827.